The van der Waals surface area contributed by atoms with Crippen molar-refractivity contribution in [3.8, 4) is 5.75 Å². The molecule has 0 aliphatic rings. The van der Waals surface area contributed by atoms with Gasteiger partial charge in [0, 0.05) is 5.39 Å². The number of carbonyl (C=O) groups excluding carboxylic acids is 2. The van der Waals surface area contributed by atoms with Gasteiger partial charge in [0.25, 0.3) is 0 Å². The first-order valence-electron chi connectivity index (χ1n) is 5.87. The zero-order chi connectivity index (χ0) is 15.6. The number of aromatic nitrogens is 1. The molecular weight excluding hydrogens is 281 g/mol. The first-order chi connectivity index (χ1) is 10.0. The summed E-state index contributed by atoms with van der Waals surface area (Å²) in [4.78, 5) is 27.3. The Morgan fingerprint density at radius 2 is 1.76 bits per heavy atom. The summed E-state index contributed by atoms with van der Waals surface area (Å²) in [6.45, 7) is 0. The predicted octanol–water partition coefficient (Wildman–Crippen LogP) is 1.96. The fourth-order valence-corrected chi connectivity index (χ4v) is 1.88. The first-order valence-corrected chi connectivity index (χ1v) is 5.87. The van der Waals surface area contributed by atoms with Crippen LogP contribution in [0.3, 0.4) is 0 Å². The second-order valence-electron chi connectivity index (χ2n) is 4.02. The Labute approximate surface area is 119 Å². The highest BCUT2D eigenvalue weighted by Crippen LogP contribution is 2.27. The molecule has 0 amide bonds. The number of benzene rings is 1. The fraction of sp³-hybridized carbons (Fsp3) is 0.214. The van der Waals surface area contributed by atoms with E-state index in [2.05, 4.69) is 14.5 Å². The van der Waals surface area contributed by atoms with Crippen molar-refractivity contribution in [1.29, 1.82) is 0 Å². The number of methoxy groups -OCH3 is 3. The molecule has 2 aromatic rings. The number of carbonyl (C=O) groups is 2. The van der Waals surface area contributed by atoms with E-state index >= 15 is 0 Å². The van der Waals surface area contributed by atoms with E-state index in [0.29, 0.717) is 5.75 Å². The van der Waals surface area contributed by atoms with Crippen molar-refractivity contribution < 1.29 is 28.2 Å². The maximum Gasteiger partial charge on any atom is 0.359 e. The topological polar surface area (TPSA) is 74.7 Å². The summed E-state index contributed by atoms with van der Waals surface area (Å²) in [7, 11) is 3.65. The predicted molar refractivity (Wildman–Crippen MR) is 70.9 cm³/mol. The van der Waals surface area contributed by atoms with E-state index in [0.717, 1.165) is 14.2 Å². The molecule has 0 N–H and O–H groups in total. The third-order valence-electron chi connectivity index (χ3n) is 2.90. The van der Waals surface area contributed by atoms with Gasteiger partial charge in [0.15, 0.2) is 11.5 Å². The number of hydrogen-bond acceptors (Lipinski definition) is 6. The second kappa shape index (κ2) is 5.74. The lowest BCUT2D eigenvalue weighted by molar-refractivity contribution is 0.0585. The summed E-state index contributed by atoms with van der Waals surface area (Å²) in [6.07, 6.45) is 0. The highest BCUT2D eigenvalue weighted by atomic mass is 19.1. The van der Waals surface area contributed by atoms with Crippen LogP contribution in [0.15, 0.2) is 18.2 Å². The Balaban J connectivity index is 2.86. The molecule has 7 heteroatoms. The number of esters is 2. The Morgan fingerprint density at radius 1 is 1.10 bits per heavy atom. The van der Waals surface area contributed by atoms with Gasteiger partial charge in [-0.1, -0.05) is 0 Å². The molecule has 6 nitrogen and oxygen atoms in total. The Bertz CT molecular complexity index is 729. The van der Waals surface area contributed by atoms with Crippen LogP contribution in [0.5, 0.6) is 5.75 Å². The van der Waals surface area contributed by atoms with Gasteiger partial charge >= 0.3 is 11.9 Å². The van der Waals surface area contributed by atoms with E-state index in [1.54, 1.807) is 6.07 Å². The van der Waals surface area contributed by atoms with Gasteiger partial charge in [-0.15, -0.1) is 0 Å². The molecular formula is C14H12FNO5. The van der Waals surface area contributed by atoms with E-state index in [1.807, 2.05) is 0 Å². The summed E-state index contributed by atoms with van der Waals surface area (Å²) in [6, 6.07) is 4.53. The van der Waals surface area contributed by atoms with Gasteiger partial charge in [-0.2, -0.15) is 0 Å². The SMILES string of the molecule is COC(=O)c1nc2ccc(OC)cc2c(C(=O)OC)c1F. The molecule has 1 heterocycles. The largest absolute Gasteiger partial charge is 0.497 e. The molecule has 0 saturated carbocycles. The van der Waals surface area contributed by atoms with Crippen LogP contribution in [0.4, 0.5) is 4.39 Å². The van der Waals surface area contributed by atoms with Crippen LogP contribution in [0.2, 0.25) is 0 Å². The molecule has 0 radical (unpaired) electrons. The van der Waals surface area contributed by atoms with Crippen LogP contribution in [0, 0.1) is 5.82 Å². The molecule has 1 aromatic carbocycles. The average Bonchev–Trinajstić information content (AvgIpc) is 2.52. The van der Waals surface area contributed by atoms with Crippen molar-refractivity contribution >= 4 is 22.8 Å². The first kappa shape index (κ1) is 14.7. The summed E-state index contributed by atoms with van der Waals surface area (Å²) in [5.74, 6) is -2.57. The van der Waals surface area contributed by atoms with Crippen molar-refractivity contribution in [1.82, 2.24) is 4.98 Å². The van der Waals surface area contributed by atoms with Crippen LogP contribution < -0.4 is 4.74 Å². The van der Waals surface area contributed by atoms with Crippen LogP contribution in [0.1, 0.15) is 20.8 Å². The van der Waals surface area contributed by atoms with Crippen molar-refractivity contribution in [2.24, 2.45) is 0 Å². The quantitative estimate of drug-likeness (QED) is 0.805. The zero-order valence-electron chi connectivity index (χ0n) is 11.6. The van der Waals surface area contributed by atoms with E-state index in [4.69, 9.17) is 4.74 Å². The number of ether oxygens (including phenoxy) is 3. The molecule has 0 atom stereocenters. The minimum absolute atomic E-state index is 0.186. The molecule has 0 fully saturated rings. The van der Waals surface area contributed by atoms with Gasteiger partial charge in [0.2, 0.25) is 0 Å². The number of nitrogens with zero attached hydrogens (tertiary/aromatic N) is 1. The van der Waals surface area contributed by atoms with Gasteiger partial charge < -0.3 is 14.2 Å². The summed E-state index contributed by atoms with van der Waals surface area (Å²) in [5.41, 5.74) is -0.713. The standard InChI is InChI=1S/C14H12FNO5/c1-19-7-4-5-9-8(6-7)10(13(17)20-2)11(15)12(16-9)14(18)21-3/h4-6H,1-3H3. The van der Waals surface area contributed by atoms with Crippen molar-refractivity contribution in [3.05, 3.63) is 35.3 Å². The monoisotopic (exact) mass is 293 g/mol. The zero-order valence-corrected chi connectivity index (χ0v) is 11.6. The van der Waals surface area contributed by atoms with Gasteiger partial charge in [-0.3, -0.25) is 0 Å². The highest BCUT2D eigenvalue weighted by Gasteiger charge is 2.26. The normalized spacial score (nSPS) is 10.3. The lowest BCUT2D eigenvalue weighted by Crippen LogP contribution is -2.14. The van der Waals surface area contributed by atoms with Crippen molar-refractivity contribution in [2.75, 3.05) is 21.3 Å². The lowest BCUT2D eigenvalue weighted by atomic mass is 10.1. The number of halogens is 1. The molecule has 0 aliphatic heterocycles. The molecule has 0 aliphatic carbocycles. The molecule has 1 aromatic heterocycles. The van der Waals surface area contributed by atoms with E-state index in [1.165, 1.54) is 19.2 Å². The second-order valence-corrected chi connectivity index (χ2v) is 4.02. The summed E-state index contributed by atoms with van der Waals surface area (Å²) >= 11 is 0. The highest BCUT2D eigenvalue weighted by molar-refractivity contribution is 6.06. The molecule has 21 heavy (non-hydrogen) atoms. The average molecular weight is 293 g/mol. The Kier molecular flexibility index (Phi) is 4.02. The molecule has 0 unspecified atom stereocenters. The minimum Gasteiger partial charge on any atom is -0.497 e. The molecule has 2 rings (SSSR count). The van der Waals surface area contributed by atoms with E-state index in [9.17, 15) is 14.0 Å². The van der Waals surface area contributed by atoms with Gasteiger partial charge in [0.1, 0.15) is 11.3 Å². The lowest BCUT2D eigenvalue weighted by Gasteiger charge is -2.10. The van der Waals surface area contributed by atoms with Crippen LogP contribution >= 0.6 is 0 Å². The van der Waals surface area contributed by atoms with Crippen LogP contribution in [-0.4, -0.2) is 38.3 Å². The van der Waals surface area contributed by atoms with Crippen LogP contribution in [0.25, 0.3) is 10.9 Å². The van der Waals surface area contributed by atoms with E-state index < -0.39 is 23.4 Å². The molecule has 0 spiro atoms. The Hall–Kier alpha value is -2.70. The molecule has 0 bridgehead atoms. The van der Waals surface area contributed by atoms with Crippen LogP contribution in [-0.2, 0) is 9.47 Å². The van der Waals surface area contributed by atoms with Gasteiger partial charge in [0.05, 0.1) is 26.8 Å². The molecule has 110 valence electrons. The Morgan fingerprint density at radius 3 is 2.33 bits per heavy atom. The smallest absolute Gasteiger partial charge is 0.359 e. The number of fused-ring (bicyclic) bond motifs is 1. The third kappa shape index (κ3) is 2.49. The maximum absolute atomic E-state index is 14.4. The number of rotatable bonds is 3. The summed E-state index contributed by atoms with van der Waals surface area (Å²) in [5, 5.41) is 0.186. The molecule has 0 saturated heterocycles. The number of pyridine rings is 1. The summed E-state index contributed by atoms with van der Waals surface area (Å²) < 4.78 is 28.5. The van der Waals surface area contributed by atoms with Gasteiger partial charge in [-0.05, 0) is 18.2 Å². The van der Waals surface area contributed by atoms with Gasteiger partial charge in [-0.25, -0.2) is 19.0 Å². The van der Waals surface area contributed by atoms with Crippen molar-refractivity contribution in [3.63, 3.8) is 0 Å². The third-order valence-corrected chi connectivity index (χ3v) is 2.90. The minimum atomic E-state index is -1.09. The number of hydrogen-bond donors (Lipinski definition) is 0. The van der Waals surface area contributed by atoms with E-state index in [-0.39, 0.29) is 16.5 Å². The van der Waals surface area contributed by atoms with Crippen molar-refractivity contribution in [2.45, 2.75) is 0 Å². The fourth-order valence-electron chi connectivity index (χ4n) is 1.88. The maximum atomic E-state index is 14.4.